The van der Waals surface area contributed by atoms with Gasteiger partial charge in [-0.1, -0.05) is 6.07 Å². The highest BCUT2D eigenvalue weighted by molar-refractivity contribution is 5.59. The Kier molecular flexibility index (Phi) is 3.55. The van der Waals surface area contributed by atoms with Crippen LogP contribution in [-0.4, -0.2) is 21.6 Å². The number of aromatic nitrogens is 3. The quantitative estimate of drug-likeness (QED) is 0.746. The Hall–Kier alpha value is -2.82. The molecule has 0 unspecified atom stereocenters. The highest BCUT2D eigenvalue weighted by Gasteiger charge is 2.07. The van der Waals surface area contributed by atoms with E-state index in [0.29, 0.717) is 12.4 Å². The monoisotopic (exact) mass is 280 g/mol. The molecule has 0 aliphatic carbocycles. The average Bonchev–Trinajstić information content (AvgIpc) is 2.96. The van der Waals surface area contributed by atoms with E-state index < -0.39 is 0 Å². The molecule has 21 heavy (non-hydrogen) atoms. The summed E-state index contributed by atoms with van der Waals surface area (Å²) in [5, 5.41) is 0. The van der Waals surface area contributed by atoms with Crippen molar-refractivity contribution in [1.82, 2.24) is 14.5 Å². The maximum atomic E-state index is 5.72. The molecule has 2 N–H and O–H groups in total. The van der Waals surface area contributed by atoms with Gasteiger partial charge in [0.1, 0.15) is 5.82 Å². The molecule has 0 radical (unpaired) electrons. The Morgan fingerprint density at radius 1 is 1.14 bits per heavy atom. The fourth-order valence-corrected chi connectivity index (χ4v) is 2.16. The van der Waals surface area contributed by atoms with Gasteiger partial charge < -0.3 is 15.0 Å². The molecule has 3 rings (SSSR count). The zero-order valence-electron chi connectivity index (χ0n) is 11.7. The van der Waals surface area contributed by atoms with Gasteiger partial charge in [0.15, 0.2) is 0 Å². The van der Waals surface area contributed by atoms with E-state index in [-0.39, 0.29) is 0 Å². The minimum Gasteiger partial charge on any atom is -0.481 e. The lowest BCUT2D eigenvalue weighted by Crippen LogP contribution is -2.03. The van der Waals surface area contributed by atoms with Crippen molar-refractivity contribution in [3.05, 3.63) is 60.6 Å². The molecular weight excluding hydrogens is 264 g/mol. The van der Waals surface area contributed by atoms with Gasteiger partial charge in [-0.15, -0.1) is 0 Å². The summed E-state index contributed by atoms with van der Waals surface area (Å²) in [5.74, 6) is 1.50. The summed E-state index contributed by atoms with van der Waals surface area (Å²) in [6.45, 7) is 0.636. The molecule has 2 heterocycles. The molecule has 0 bridgehead atoms. The van der Waals surface area contributed by atoms with Crippen molar-refractivity contribution >= 4 is 5.69 Å². The van der Waals surface area contributed by atoms with Gasteiger partial charge >= 0.3 is 0 Å². The normalized spacial score (nSPS) is 10.5. The molecule has 0 aliphatic rings. The number of rotatable bonds is 4. The minimum absolute atomic E-state index is 0.613. The van der Waals surface area contributed by atoms with Crippen molar-refractivity contribution in [1.29, 1.82) is 0 Å². The molecule has 0 aliphatic heterocycles. The number of imidazole rings is 1. The van der Waals surface area contributed by atoms with Crippen LogP contribution in [0.15, 0.2) is 54.9 Å². The van der Waals surface area contributed by atoms with E-state index in [0.717, 1.165) is 22.8 Å². The van der Waals surface area contributed by atoms with E-state index in [4.69, 9.17) is 10.5 Å². The first-order chi connectivity index (χ1) is 10.3. The molecular formula is C16H16N4O. The summed E-state index contributed by atoms with van der Waals surface area (Å²) in [5.41, 5.74) is 8.41. The maximum Gasteiger partial charge on any atom is 0.213 e. The zero-order chi connectivity index (χ0) is 14.7. The topological polar surface area (TPSA) is 66.0 Å². The van der Waals surface area contributed by atoms with Gasteiger partial charge in [-0.3, -0.25) is 0 Å². The number of benzene rings is 1. The first-order valence-electron chi connectivity index (χ1n) is 6.63. The lowest BCUT2D eigenvalue weighted by Gasteiger charge is -2.08. The Bertz CT molecular complexity index is 734. The minimum atomic E-state index is 0.613. The molecule has 0 fully saturated rings. The zero-order valence-corrected chi connectivity index (χ0v) is 11.7. The number of nitrogens with zero attached hydrogens (tertiary/aromatic N) is 3. The van der Waals surface area contributed by atoms with Crippen LogP contribution in [0, 0.1) is 0 Å². The molecule has 2 aromatic heterocycles. The fraction of sp³-hybridized carbons (Fsp3) is 0.125. The summed E-state index contributed by atoms with van der Waals surface area (Å²) in [6, 6.07) is 13.4. The second kappa shape index (κ2) is 5.66. The van der Waals surface area contributed by atoms with Gasteiger partial charge in [-0.25, -0.2) is 9.97 Å². The number of methoxy groups -OCH3 is 1. The highest BCUT2D eigenvalue weighted by Crippen LogP contribution is 2.20. The Balaban J connectivity index is 1.90. The van der Waals surface area contributed by atoms with E-state index in [2.05, 4.69) is 9.97 Å². The molecule has 5 heteroatoms. The predicted octanol–water partition coefficient (Wildman–Crippen LogP) is 2.58. The number of nitrogen functional groups attached to an aromatic ring is 1. The molecule has 0 amide bonds. The molecule has 0 atom stereocenters. The van der Waals surface area contributed by atoms with E-state index in [1.165, 1.54) is 0 Å². The van der Waals surface area contributed by atoms with Crippen LogP contribution in [0.1, 0.15) is 5.69 Å². The summed E-state index contributed by atoms with van der Waals surface area (Å²) in [4.78, 5) is 8.84. The summed E-state index contributed by atoms with van der Waals surface area (Å²) in [7, 11) is 1.61. The van der Waals surface area contributed by atoms with Crippen molar-refractivity contribution in [2.24, 2.45) is 0 Å². The predicted molar refractivity (Wildman–Crippen MR) is 82.0 cm³/mol. The van der Waals surface area contributed by atoms with E-state index in [9.17, 15) is 0 Å². The second-order valence-corrected chi connectivity index (χ2v) is 4.67. The highest BCUT2D eigenvalue weighted by atomic mass is 16.5. The standard InChI is InChI=1S/C16H16N4O/c1-21-15-4-2-3-14(19-15)11-20-10-9-18-16(20)12-5-7-13(17)8-6-12/h2-10H,11,17H2,1H3. The summed E-state index contributed by atoms with van der Waals surface area (Å²) in [6.07, 6.45) is 3.72. The van der Waals surface area contributed by atoms with E-state index >= 15 is 0 Å². The van der Waals surface area contributed by atoms with Crippen LogP contribution in [0.25, 0.3) is 11.4 Å². The molecule has 1 aromatic carbocycles. The van der Waals surface area contributed by atoms with Gasteiger partial charge in [0, 0.05) is 29.7 Å². The lowest BCUT2D eigenvalue weighted by molar-refractivity contribution is 0.396. The Morgan fingerprint density at radius 3 is 2.71 bits per heavy atom. The number of pyridine rings is 1. The molecule has 0 saturated heterocycles. The van der Waals surface area contributed by atoms with Gasteiger partial charge in [-0.2, -0.15) is 0 Å². The van der Waals surface area contributed by atoms with E-state index in [1.54, 1.807) is 13.3 Å². The van der Waals surface area contributed by atoms with Crippen LogP contribution in [0.5, 0.6) is 5.88 Å². The summed E-state index contributed by atoms with van der Waals surface area (Å²) < 4.78 is 7.20. The molecule has 106 valence electrons. The lowest BCUT2D eigenvalue weighted by atomic mass is 10.2. The molecule has 5 nitrogen and oxygen atoms in total. The van der Waals surface area contributed by atoms with Crippen molar-refractivity contribution in [3.63, 3.8) is 0 Å². The average molecular weight is 280 g/mol. The Labute approximate surface area is 123 Å². The van der Waals surface area contributed by atoms with Crippen LogP contribution in [0.2, 0.25) is 0 Å². The third kappa shape index (κ3) is 2.86. The third-order valence-corrected chi connectivity index (χ3v) is 3.21. The first kappa shape index (κ1) is 13.2. The molecule has 0 saturated carbocycles. The molecule has 3 aromatic rings. The van der Waals surface area contributed by atoms with Crippen molar-refractivity contribution in [3.8, 4) is 17.3 Å². The number of anilines is 1. The van der Waals surface area contributed by atoms with Crippen molar-refractivity contribution in [2.75, 3.05) is 12.8 Å². The third-order valence-electron chi connectivity index (χ3n) is 3.21. The number of hydrogen-bond donors (Lipinski definition) is 1. The fourth-order valence-electron chi connectivity index (χ4n) is 2.16. The van der Waals surface area contributed by atoms with Gasteiger partial charge in [-0.05, 0) is 30.3 Å². The van der Waals surface area contributed by atoms with Crippen molar-refractivity contribution in [2.45, 2.75) is 6.54 Å². The largest absolute Gasteiger partial charge is 0.481 e. The van der Waals surface area contributed by atoms with Gasteiger partial charge in [0.2, 0.25) is 5.88 Å². The maximum absolute atomic E-state index is 5.72. The number of hydrogen-bond acceptors (Lipinski definition) is 4. The number of ether oxygens (including phenoxy) is 1. The van der Waals surface area contributed by atoms with Crippen molar-refractivity contribution < 1.29 is 4.74 Å². The van der Waals surface area contributed by atoms with Crippen LogP contribution in [0.4, 0.5) is 5.69 Å². The smallest absolute Gasteiger partial charge is 0.213 e. The summed E-state index contributed by atoms with van der Waals surface area (Å²) >= 11 is 0. The van der Waals surface area contributed by atoms with Crippen LogP contribution < -0.4 is 10.5 Å². The molecule has 0 spiro atoms. The van der Waals surface area contributed by atoms with Crippen LogP contribution in [-0.2, 0) is 6.54 Å². The SMILES string of the molecule is COc1cccc(Cn2ccnc2-c2ccc(N)cc2)n1. The number of nitrogens with two attached hydrogens (primary N) is 1. The second-order valence-electron chi connectivity index (χ2n) is 4.67. The van der Waals surface area contributed by atoms with Crippen LogP contribution >= 0.6 is 0 Å². The first-order valence-corrected chi connectivity index (χ1v) is 6.63. The van der Waals surface area contributed by atoms with Gasteiger partial charge in [0.05, 0.1) is 19.3 Å². The Morgan fingerprint density at radius 2 is 1.95 bits per heavy atom. The van der Waals surface area contributed by atoms with Crippen LogP contribution in [0.3, 0.4) is 0 Å². The van der Waals surface area contributed by atoms with Gasteiger partial charge in [0.25, 0.3) is 0 Å². The van der Waals surface area contributed by atoms with E-state index in [1.807, 2.05) is 53.2 Å².